The molecule has 266 valence electrons. The van der Waals surface area contributed by atoms with Crippen molar-refractivity contribution >= 4 is 75.3 Å². The first-order valence-electron chi connectivity index (χ1n) is 19.0. The summed E-state index contributed by atoms with van der Waals surface area (Å²) in [5.74, 6) is 1.84. The van der Waals surface area contributed by atoms with E-state index in [2.05, 4.69) is 126 Å². The van der Waals surface area contributed by atoms with Crippen LogP contribution in [0.3, 0.4) is 0 Å². The zero-order valence-electron chi connectivity index (χ0n) is 30.4. The Balaban J connectivity index is 1.13. The smallest absolute Gasteiger partial charge is 0.164 e. The summed E-state index contributed by atoms with van der Waals surface area (Å²) in [5, 5.41) is 7.05. The van der Waals surface area contributed by atoms with Gasteiger partial charge in [-0.05, 0) is 42.5 Å². The third kappa shape index (κ3) is 5.04. The van der Waals surface area contributed by atoms with Crippen LogP contribution in [0.25, 0.3) is 115 Å². The number of para-hydroxylation sites is 2. The van der Waals surface area contributed by atoms with E-state index in [9.17, 15) is 0 Å². The van der Waals surface area contributed by atoms with Crippen molar-refractivity contribution in [2.75, 3.05) is 0 Å². The molecule has 57 heavy (non-hydrogen) atoms. The number of fused-ring (bicyclic) bond motifs is 9. The lowest BCUT2D eigenvalue weighted by molar-refractivity contribution is 0.670. The van der Waals surface area contributed by atoms with Gasteiger partial charge in [-0.25, -0.2) is 15.0 Å². The first kappa shape index (κ1) is 31.9. The van der Waals surface area contributed by atoms with Gasteiger partial charge in [-0.3, -0.25) is 0 Å². The molecule has 0 aliphatic rings. The van der Waals surface area contributed by atoms with Crippen LogP contribution >= 0.6 is 11.3 Å². The normalized spacial score (nSPS) is 11.9. The molecule has 5 nitrogen and oxygen atoms in total. The van der Waals surface area contributed by atoms with Crippen molar-refractivity contribution in [1.82, 2.24) is 19.5 Å². The fourth-order valence-electron chi connectivity index (χ4n) is 8.43. The van der Waals surface area contributed by atoms with E-state index in [1.54, 1.807) is 0 Å². The third-order valence-electron chi connectivity index (χ3n) is 11.0. The molecule has 6 heteroatoms. The minimum Gasteiger partial charge on any atom is -0.455 e. The van der Waals surface area contributed by atoms with Gasteiger partial charge in [-0.1, -0.05) is 140 Å². The summed E-state index contributed by atoms with van der Waals surface area (Å²) in [6.07, 6.45) is 0. The largest absolute Gasteiger partial charge is 0.455 e. The maximum absolute atomic E-state index is 7.02. The lowest BCUT2D eigenvalue weighted by Crippen LogP contribution is -2.00. The summed E-state index contributed by atoms with van der Waals surface area (Å²) in [5.41, 5.74) is 9.95. The quantitative estimate of drug-likeness (QED) is 0.176. The van der Waals surface area contributed by atoms with Gasteiger partial charge in [-0.2, -0.15) is 0 Å². The van der Waals surface area contributed by atoms with Crippen molar-refractivity contribution in [2.24, 2.45) is 0 Å². The van der Waals surface area contributed by atoms with Crippen LogP contribution in [0.5, 0.6) is 0 Å². The lowest BCUT2D eigenvalue weighted by Gasteiger charge is -2.12. The van der Waals surface area contributed by atoms with Crippen molar-refractivity contribution in [3.63, 3.8) is 0 Å². The van der Waals surface area contributed by atoms with Crippen LogP contribution in [0, 0.1) is 0 Å². The van der Waals surface area contributed by atoms with E-state index in [1.807, 2.05) is 72.0 Å². The first-order chi connectivity index (χ1) is 28.2. The molecule has 4 heterocycles. The average Bonchev–Trinajstić information content (AvgIpc) is 3.96. The third-order valence-corrected chi connectivity index (χ3v) is 12.3. The highest BCUT2D eigenvalue weighted by Gasteiger charge is 2.21. The number of nitrogens with zero attached hydrogens (tertiary/aromatic N) is 4. The van der Waals surface area contributed by atoms with E-state index < -0.39 is 0 Å². The van der Waals surface area contributed by atoms with Crippen molar-refractivity contribution in [1.29, 1.82) is 0 Å². The van der Waals surface area contributed by atoms with Gasteiger partial charge >= 0.3 is 0 Å². The topological polar surface area (TPSA) is 56.7 Å². The van der Waals surface area contributed by atoms with E-state index >= 15 is 0 Å². The number of furan rings is 1. The number of benzene rings is 8. The fraction of sp³-hybridized carbons (Fsp3) is 0. The van der Waals surface area contributed by atoms with Crippen LogP contribution in [0.4, 0.5) is 0 Å². The minimum absolute atomic E-state index is 0.589. The van der Waals surface area contributed by atoms with E-state index in [4.69, 9.17) is 19.4 Å². The molecule has 8 aromatic carbocycles. The van der Waals surface area contributed by atoms with Crippen molar-refractivity contribution in [2.45, 2.75) is 0 Å². The summed E-state index contributed by atoms with van der Waals surface area (Å²) < 4.78 is 11.9. The van der Waals surface area contributed by atoms with E-state index in [1.165, 1.54) is 30.9 Å². The predicted molar refractivity (Wildman–Crippen MR) is 236 cm³/mol. The summed E-state index contributed by atoms with van der Waals surface area (Å²) >= 11 is 1.83. The van der Waals surface area contributed by atoms with Gasteiger partial charge in [0.05, 0.1) is 11.0 Å². The summed E-state index contributed by atoms with van der Waals surface area (Å²) in [7, 11) is 0. The molecule has 0 aliphatic heterocycles. The molecule has 0 N–H and O–H groups in total. The zero-order valence-corrected chi connectivity index (χ0v) is 31.2. The zero-order chi connectivity index (χ0) is 37.5. The Kier molecular flexibility index (Phi) is 7.03. The highest BCUT2D eigenvalue weighted by molar-refractivity contribution is 7.26. The van der Waals surface area contributed by atoms with Crippen LogP contribution in [0.1, 0.15) is 0 Å². The Hall–Kier alpha value is -7.41. The molecule has 0 atom stereocenters. The molecule has 0 fully saturated rings. The molecule has 0 bridgehead atoms. The molecule has 4 aromatic heterocycles. The Bertz CT molecular complexity index is 3420. The maximum Gasteiger partial charge on any atom is 0.164 e. The summed E-state index contributed by atoms with van der Waals surface area (Å²) in [6, 6.07) is 63.8. The Labute approximate surface area is 330 Å². The number of hydrogen-bond acceptors (Lipinski definition) is 5. The van der Waals surface area contributed by atoms with Crippen LogP contribution in [-0.4, -0.2) is 19.5 Å². The number of aromatic nitrogens is 4. The van der Waals surface area contributed by atoms with Gasteiger partial charge in [0.2, 0.25) is 0 Å². The Morgan fingerprint density at radius 2 is 0.982 bits per heavy atom. The standard InChI is InChI=1S/C51H30N4OS/c1-3-14-31(15-4-1)49-52-50(32-16-5-2-6-17-32)54-51(53-49)33-26-27-37-41-29-34(55-43-23-10-7-18-35(43)36-19-8-11-24-44(36)55)30-42(47(41)56-45(37)28-33)40-22-13-21-39-38-20-9-12-25-46(38)57-48(39)40/h1-30H. The molecule has 0 aliphatic carbocycles. The van der Waals surface area contributed by atoms with Crippen molar-refractivity contribution in [3.8, 4) is 51.0 Å². The molecular formula is C51H30N4OS. The predicted octanol–water partition coefficient (Wildman–Crippen LogP) is 13.9. The van der Waals surface area contributed by atoms with Crippen LogP contribution < -0.4 is 0 Å². The average molecular weight is 747 g/mol. The molecule has 0 saturated carbocycles. The van der Waals surface area contributed by atoms with Crippen LogP contribution in [-0.2, 0) is 0 Å². The molecule has 0 amide bonds. The molecule has 0 radical (unpaired) electrons. The van der Waals surface area contributed by atoms with Gasteiger partial charge in [-0.15, -0.1) is 11.3 Å². The van der Waals surface area contributed by atoms with E-state index in [0.29, 0.717) is 17.5 Å². The second kappa shape index (κ2) is 12.6. The van der Waals surface area contributed by atoms with Gasteiger partial charge in [0.15, 0.2) is 17.5 Å². The molecule has 0 spiro atoms. The maximum atomic E-state index is 7.02. The lowest BCUT2D eigenvalue weighted by atomic mass is 9.99. The minimum atomic E-state index is 0.589. The fourth-order valence-corrected chi connectivity index (χ4v) is 9.66. The number of rotatable bonds is 5. The van der Waals surface area contributed by atoms with E-state index in [-0.39, 0.29) is 0 Å². The van der Waals surface area contributed by atoms with Gasteiger partial charge in [0.25, 0.3) is 0 Å². The van der Waals surface area contributed by atoms with Crippen molar-refractivity contribution in [3.05, 3.63) is 182 Å². The van der Waals surface area contributed by atoms with Gasteiger partial charge in [0.1, 0.15) is 11.2 Å². The second-order valence-electron chi connectivity index (χ2n) is 14.4. The van der Waals surface area contributed by atoms with Crippen LogP contribution in [0.15, 0.2) is 186 Å². The molecule has 0 unspecified atom stereocenters. The monoisotopic (exact) mass is 746 g/mol. The second-order valence-corrected chi connectivity index (χ2v) is 15.4. The Morgan fingerprint density at radius 1 is 0.404 bits per heavy atom. The number of thiophene rings is 1. The highest BCUT2D eigenvalue weighted by Crippen LogP contribution is 2.46. The molecule has 12 rings (SSSR count). The van der Waals surface area contributed by atoms with Crippen LogP contribution in [0.2, 0.25) is 0 Å². The molecular weight excluding hydrogens is 717 g/mol. The summed E-state index contributed by atoms with van der Waals surface area (Å²) in [4.78, 5) is 15.0. The SMILES string of the molecule is c1ccc(-c2nc(-c3ccccc3)nc(-c3ccc4c(c3)oc3c(-c5cccc6c5sc5ccccc56)cc(-n5c6ccccc6c6ccccc65)cc34)n2)cc1. The van der Waals surface area contributed by atoms with Gasteiger partial charge < -0.3 is 8.98 Å². The number of hydrogen-bond donors (Lipinski definition) is 0. The first-order valence-corrected chi connectivity index (χ1v) is 19.8. The summed E-state index contributed by atoms with van der Waals surface area (Å²) in [6.45, 7) is 0. The molecule has 12 aromatic rings. The van der Waals surface area contributed by atoms with E-state index in [0.717, 1.165) is 66.5 Å². The molecule has 0 saturated heterocycles. The van der Waals surface area contributed by atoms with Crippen molar-refractivity contribution < 1.29 is 4.42 Å². The van der Waals surface area contributed by atoms with Gasteiger partial charge in [0, 0.05) is 75.2 Å². The Morgan fingerprint density at radius 3 is 1.67 bits per heavy atom. The highest BCUT2D eigenvalue weighted by atomic mass is 32.1.